The van der Waals surface area contributed by atoms with E-state index in [1.165, 1.54) is 11.3 Å². The first-order valence-electron chi connectivity index (χ1n) is 8.95. The molecular weight excluding hydrogens is 312 g/mol. The van der Waals surface area contributed by atoms with Gasteiger partial charge in [0.1, 0.15) is 5.75 Å². The molecule has 1 saturated heterocycles. The van der Waals surface area contributed by atoms with Gasteiger partial charge in [-0.25, -0.2) is 0 Å². The van der Waals surface area contributed by atoms with Crippen molar-refractivity contribution in [3.05, 3.63) is 59.7 Å². The highest BCUT2D eigenvalue weighted by Gasteiger charge is 2.22. The van der Waals surface area contributed by atoms with E-state index in [0.717, 1.165) is 43.9 Å². The van der Waals surface area contributed by atoms with E-state index in [4.69, 9.17) is 4.74 Å². The molecule has 1 fully saturated rings. The molecule has 132 valence electrons. The van der Waals surface area contributed by atoms with E-state index in [-0.39, 0.29) is 5.91 Å². The second-order valence-corrected chi connectivity index (χ2v) is 6.37. The van der Waals surface area contributed by atoms with Crippen molar-refractivity contribution in [3.63, 3.8) is 0 Å². The lowest BCUT2D eigenvalue weighted by Gasteiger charge is -2.37. The van der Waals surface area contributed by atoms with Gasteiger partial charge in [0, 0.05) is 31.9 Å². The first kappa shape index (κ1) is 17.3. The monoisotopic (exact) mass is 338 g/mol. The van der Waals surface area contributed by atoms with Gasteiger partial charge in [0.2, 0.25) is 5.91 Å². The number of rotatable bonds is 5. The summed E-state index contributed by atoms with van der Waals surface area (Å²) in [5.74, 6) is 1.02. The van der Waals surface area contributed by atoms with Crippen LogP contribution in [0.5, 0.6) is 5.75 Å². The van der Waals surface area contributed by atoms with E-state index in [0.29, 0.717) is 6.42 Å². The van der Waals surface area contributed by atoms with Crippen molar-refractivity contribution in [1.29, 1.82) is 0 Å². The van der Waals surface area contributed by atoms with Crippen molar-refractivity contribution in [1.82, 2.24) is 4.90 Å². The van der Waals surface area contributed by atoms with Crippen LogP contribution in [0.3, 0.4) is 0 Å². The van der Waals surface area contributed by atoms with Crippen molar-refractivity contribution >= 4 is 11.6 Å². The largest absolute Gasteiger partial charge is 0.497 e. The number of nitrogens with zero attached hydrogens (tertiary/aromatic N) is 2. The van der Waals surface area contributed by atoms with Crippen LogP contribution in [0.2, 0.25) is 0 Å². The standard InChI is InChI=1S/C21H26N2O2/c1-3-18-6-4-5-7-20(18)22-12-14-23(15-13-22)21(24)16-17-8-10-19(25-2)11-9-17/h4-11H,3,12-16H2,1-2H3. The molecule has 2 aromatic carbocycles. The Morgan fingerprint density at radius 2 is 1.68 bits per heavy atom. The molecule has 0 atom stereocenters. The Morgan fingerprint density at radius 1 is 1.00 bits per heavy atom. The van der Waals surface area contributed by atoms with E-state index >= 15 is 0 Å². The van der Waals surface area contributed by atoms with E-state index in [1.807, 2.05) is 29.2 Å². The van der Waals surface area contributed by atoms with Gasteiger partial charge in [-0.3, -0.25) is 4.79 Å². The van der Waals surface area contributed by atoms with Crippen LogP contribution in [0.15, 0.2) is 48.5 Å². The van der Waals surface area contributed by atoms with Gasteiger partial charge in [-0.1, -0.05) is 37.3 Å². The topological polar surface area (TPSA) is 32.8 Å². The first-order chi connectivity index (χ1) is 12.2. The molecule has 0 aliphatic carbocycles. The third kappa shape index (κ3) is 4.13. The normalized spacial score (nSPS) is 14.5. The number of benzene rings is 2. The molecule has 2 aromatic rings. The summed E-state index contributed by atoms with van der Waals surface area (Å²) < 4.78 is 5.16. The number of aryl methyl sites for hydroxylation is 1. The smallest absolute Gasteiger partial charge is 0.227 e. The van der Waals surface area contributed by atoms with Crippen LogP contribution in [0, 0.1) is 0 Å². The summed E-state index contributed by atoms with van der Waals surface area (Å²) in [7, 11) is 1.65. The average Bonchev–Trinajstić information content (AvgIpc) is 2.68. The van der Waals surface area contributed by atoms with E-state index in [2.05, 4.69) is 36.1 Å². The van der Waals surface area contributed by atoms with Crippen LogP contribution in [0.25, 0.3) is 0 Å². The molecule has 0 spiro atoms. The molecular formula is C21H26N2O2. The highest BCUT2D eigenvalue weighted by Crippen LogP contribution is 2.22. The fourth-order valence-corrected chi connectivity index (χ4v) is 3.34. The molecule has 0 unspecified atom stereocenters. The van der Waals surface area contributed by atoms with Crippen molar-refractivity contribution < 1.29 is 9.53 Å². The third-order valence-corrected chi connectivity index (χ3v) is 4.86. The van der Waals surface area contributed by atoms with E-state index in [1.54, 1.807) is 7.11 Å². The number of ether oxygens (including phenoxy) is 1. The lowest BCUT2D eigenvalue weighted by molar-refractivity contribution is -0.130. The van der Waals surface area contributed by atoms with Gasteiger partial charge in [0.15, 0.2) is 0 Å². The predicted molar refractivity (Wildman–Crippen MR) is 101 cm³/mol. The summed E-state index contributed by atoms with van der Waals surface area (Å²) in [6.45, 7) is 5.55. The maximum absolute atomic E-state index is 12.6. The summed E-state index contributed by atoms with van der Waals surface area (Å²) >= 11 is 0. The number of carbonyl (C=O) groups is 1. The molecule has 1 heterocycles. The minimum Gasteiger partial charge on any atom is -0.497 e. The number of anilines is 1. The zero-order valence-electron chi connectivity index (χ0n) is 15.1. The fraction of sp³-hybridized carbons (Fsp3) is 0.381. The molecule has 25 heavy (non-hydrogen) atoms. The Kier molecular flexibility index (Phi) is 5.59. The maximum Gasteiger partial charge on any atom is 0.227 e. The molecule has 0 aromatic heterocycles. The molecule has 0 radical (unpaired) electrons. The lowest BCUT2D eigenvalue weighted by Crippen LogP contribution is -2.49. The number of methoxy groups -OCH3 is 1. The Bertz CT molecular complexity index is 704. The second-order valence-electron chi connectivity index (χ2n) is 6.37. The zero-order chi connectivity index (χ0) is 17.6. The van der Waals surface area contributed by atoms with Crippen molar-refractivity contribution in [2.45, 2.75) is 19.8 Å². The first-order valence-corrected chi connectivity index (χ1v) is 8.95. The number of carbonyl (C=O) groups excluding carboxylic acids is 1. The van der Waals surface area contributed by atoms with Gasteiger partial charge >= 0.3 is 0 Å². The van der Waals surface area contributed by atoms with Crippen LogP contribution in [0.1, 0.15) is 18.1 Å². The van der Waals surface area contributed by atoms with Crippen LogP contribution in [-0.4, -0.2) is 44.1 Å². The summed E-state index contributed by atoms with van der Waals surface area (Å²) in [5.41, 5.74) is 3.72. The van der Waals surface area contributed by atoms with Gasteiger partial charge < -0.3 is 14.5 Å². The molecule has 3 rings (SSSR count). The number of hydrogen-bond donors (Lipinski definition) is 0. The number of piperazine rings is 1. The van der Waals surface area contributed by atoms with Gasteiger partial charge in [0.25, 0.3) is 0 Å². The lowest BCUT2D eigenvalue weighted by atomic mass is 10.1. The van der Waals surface area contributed by atoms with Crippen molar-refractivity contribution in [3.8, 4) is 5.75 Å². The summed E-state index contributed by atoms with van der Waals surface area (Å²) in [6, 6.07) is 16.3. The van der Waals surface area contributed by atoms with E-state index < -0.39 is 0 Å². The molecule has 4 heteroatoms. The number of amides is 1. The van der Waals surface area contributed by atoms with Gasteiger partial charge in [0.05, 0.1) is 13.5 Å². The van der Waals surface area contributed by atoms with Crippen LogP contribution >= 0.6 is 0 Å². The van der Waals surface area contributed by atoms with Gasteiger partial charge in [-0.15, -0.1) is 0 Å². The maximum atomic E-state index is 12.6. The van der Waals surface area contributed by atoms with Crippen molar-refractivity contribution in [2.75, 3.05) is 38.2 Å². The Balaban J connectivity index is 1.57. The summed E-state index contributed by atoms with van der Waals surface area (Å²) in [4.78, 5) is 16.9. The number of hydrogen-bond acceptors (Lipinski definition) is 3. The molecule has 0 N–H and O–H groups in total. The fourth-order valence-electron chi connectivity index (χ4n) is 3.34. The minimum atomic E-state index is 0.202. The van der Waals surface area contributed by atoms with Gasteiger partial charge in [-0.05, 0) is 35.7 Å². The van der Waals surface area contributed by atoms with Crippen LogP contribution in [0.4, 0.5) is 5.69 Å². The van der Waals surface area contributed by atoms with E-state index in [9.17, 15) is 4.79 Å². The minimum absolute atomic E-state index is 0.202. The highest BCUT2D eigenvalue weighted by molar-refractivity contribution is 5.79. The van der Waals surface area contributed by atoms with Crippen molar-refractivity contribution in [2.24, 2.45) is 0 Å². The molecule has 1 amide bonds. The molecule has 1 aliphatic heterocycles. The number of para-hydroxylation sites is 1. The van der Waals surface area contributed by atoms with Crippen LogP contribution < -0.4 is 9.64 Å². The highest BCUT2D eigenvalue weighted by atomic mass is 16.5. The Hall–Kier alpha value is -2.49. The molecule has 1 aliphatic rings. The summed E-state index contributed by atoms with van der Waals surface area (Å²) in [5, 5.41) is 0. The molecule has 0 bridgehead atoms. The quantitative estimate of drug-likeness (QED) is 0.840. The zero-order valence-corrected chi connectivity index (χ0v) is 15.1. The third-order valence-electron chi connectivity index (χ3n) is 4.86. The SMILES string of the molecule is CCc1ccccc1N1CCN(C(=O)Cc2ccc(OC)cc2)CC1. The molecule has 0 saturated carbocycles. The van der Waals surface area contributed by atoms with Gasteiger partial charge in [-0.2, -0.15) is 0 Å². The summed E-state index contributed by atoms with van der Waals surface area (Å²) in [6.07, 6.45) is 1.49. The Labute approximate surface area is 150 Å². The van der Waals surface area contributed by atoms with Crippen LogP contribution in [-0.2, 0) is 17.6 Å². The Morgan fingerprint density at radius 3 is 2.32 bits per heavy atom. The average molecular weight is 338 g/mol. The second kappa shape index (κ2) is 8.06. The molecule has 4 nitrogen and oxygen atoms in total. The predicted octanol–water partition coefficient (Wildman–Crippen LogP) is 3.15.